The van der Waals surface area contributed by atoms with Crippen LogP contribution in [0.4, 0.5) is 0 Å². The van der Waals surface area contributed by atoms with E-state index in [1.54, 1.807) is 19.5 Å². The molecule has 0 aliphatic heterocycles. The van der Waals surface area contributed by atoms with E-state index in [9.17, 15) is 0 Å². The molecule has 0 bridgehead atoms. The highest BCUT2D eigenvalue weighted by atomic mass is 16.5. The van der Waals surface area contributed by atoms with Gasteiger partial charge in [-0.25, -0.2) is 0 Å². The van der Waals surface area contributed by atoms with E-state index < -0.39 is 0 Å². The number of nitrogens with one attached hydrogen (secondary N) is 1. The number of nitrogens with zero attached hydrogens (tertiary/aromatic N) is 2. The lowest BCUT2D eigenvalue weighted by Crippen LogP contribution is -2.23. The summed E-state index contributed by atoms with van der Waals surface area (Å²) in [5.74, 6) is 1.43. The lowest BCUT2D eigenvalue weighted by molar-refractivity contribution is 0.284. The number of benzene rings is 2. The summed E-state index contributed by atoms with van der Waals surface area (Å²) >= 11 is 0. The molecule has 0 saturated heterocycles. The molecule has 5 nitrogen and oxygen atoms in total. The van der Waals surface area contributed by atoms with Crippen molar-refractivity contribution in [1.29, 1.82) is 0 Å². The molecule has 156 valence electrons. The van der Waals surface area contributed by atoms with Crippen molar-refractivity contribution in [2.24, 2.45) is 0 Å². The lowest BCUT2D eigenvalue weighted by atomic mass is 10.0. The third-order valence-electron chi connectivity index (χ3n) is 5.00. The van der Waals surface area contributed by atoms with Crippen LogP contribution in [0.2, 0.25) is 0 Å². The summed E-state index contributed by atoms with van der Waals surface area (Å²) in [6.45, 7) is 1.13. The highest BCUT2D eigenvalue weighted by molar-refractivity contribution is 5.43. The van der Waals surface area contributed by atoms with Crippen molar-refractivity contribution >= 4 is 0 Å². The molecule has 0 spiro atoms. The Morgan fingerprint density at radius 2 is 1.61 bits per heavy atom. The van der Waals surface area contributed by atoms with Crippen LogP contribution in [0, 0.1) is 0 Å². The molecule has 5 heteroatoms. The van der Waals surface area contributed by atoms with Gasteiger partial charge in [0.15, 0.2) is 11.5 Å². The predicted molar refractivity (Wildman–Crippen MR) is 121 cm³/mol. The Labute approximate surface area is 182 Å². The van der Waals surface area contributed by atoms with Gasteiger partial charge in [-0.1, -0.05) is 42.5 Å². The number of methoxy groups -OCH3 is 1. The minimum Gasteiger partial charge on any atom is -0.493 e. The van der Waals surface area contributed by atoms with Crippen LogP contribution in [0.25, 0.3) is 0 Å². The molecule has 0 fully saturated rings. The number of rotatable bonds is 9. The summed E-state index contributed by atoms with van der Waals surface area (Å²) < 4.78 is 11.5. The molecule has 0 radical (unpaired) electrons. The average Bonchev–Trinajstić information content (AvgIpc) is 2.85. The van der Waals surface area contributed by atoms with Crippen molar-refractivity contribution < 1.29 is 9.47 Å². The summed E-state index contributed by atoms with van der Waals surface area (Å²) in [4.78, 5) is 8.59. The third kappa shape index (κ3) is 5.47. The Kier molecular flexibility index (Phi) is 6.88. The maximum absolute atomic E-state index is 5.95. The van der Waals surface area contributed by atoms with Gasteiger partial charge in [-0.05, 0) is 53.1 Å². The zero-order valence-electron chi connectivity index (χ0n) is 17.4. The van der Waals surface area contributed by atoms with Crippen LogP contribution in [0.15, 0.2) is 97.5 Å². The Balaban J connectivity index is 1.47. The van der Waals surface area contributed by atoms with Gasteiger partial charge < -0.3 is 14.8 Å². The molecular weight excluding hydrogens is 386 g/mol. The Bertz CT molecular complexity index is 1030. The molecule has 2 aromatic heterocycles. The van der Waals surface area contributed by atoms with Gasteiger partial charge in [0.05, 0.1) is 18.8 Å². The Morgan fingerprint density at radius 3 is 2.35 bits per heavy atom. The molecule has 0 saturated carbocycles. The molecule has 1 atom stereocenters. The summed E-state index contributed by atoms with van der Waals surface area (Å²) in [5.41, 5.74) is 4.32. The first-order valence-corrected chi connectivity index (χ1v) is 10.2. The van der Waals surface area contributed by atoms with E-state index in [2.05, 4.69) is 33.5 Å². The van der Waals surface area contributed by atoms with Crippen molar-refractivity contribution in [1.82, 2.24) is 15.3 Å². The van der Waals surface area contributed by atoms with Crippen LogP contribution in [0.3, 0.4) is 0 Å². The highest BCUT2D eigenvalue weighted by Gasteiger charge is 2.15. The molecule has 2 aromatic carbocycles. The minimum absolute atomic E-state index is 0.00369. The van der Waals surface area contributed by atoms with E-state index in [1.807, 2.05) is 66.9 Å². The summed E-state index contributed by atoms with van der Waals surface area (Å²) in [7, 11) is 1.66. The lowest BCUT2D eigenvalue weighted by Gasteiger charge is -2.19. The van der Waals surface area contributed by atoms with Crippen LogP contribution in [-0.4, -0.2) is 17.1 Å². The predicted octanol–water partition coefficient (Wildman–Crippen LogP) is 4.94. The van der Waals surface area contributed by atoms with E-state index in [0.29, 0.717) is 24.7 Å². The molecule has 1 unspecified atom stereocenters. The number of ether oxygens (including phenoxy) is 2. The Hall–Kier alpha value is -3.70. The Morgan fingerprint density at radius 1 is 0.806 bits per heavy atom. The van der Waals surface area contributed by atoms with Crippen LogP contribution >= 0.6 is 0 Å². The summed E-state index contributed by atoms with van der Waals surface area (Å²) in [5, 5.41) is 3.63. The maximum atomic E-state index is 5.95. The van der Waals surface area contributed by atoms with Gasteiger partial charge in [0, 0.05) is 25.1 Å². The van der Waals surface area contributed by atoms with Gasteiger partial charge in [0.1, 0.15) is 6.61 Å². The van der Waals surface area contributed by atoms with E-state index >= 15 is 0 Å². The molecular formula is C26H25N3O2. The van der Waals surface area contributed by atoms with Gasteiger partial charge in [-0.15, -0.1) is 0 Å². The number of aromatic nitrogens is 2. The van der Waals surface area contributed by atoms with Gasteiger partial charge in [0.25, 0.3) is 0 Å². The van der Waals surface area contributed by atoms with E-state index in [1.165, 1.54) is 5.56 Å². The van der Waals surface area contributed by atoms with Crippen molar-refractivity contribution in [3.05, 3.63) is 120 Å². The second kappa shape index (κ2) is 10.4. The fourth-order valence-electron chi connectivity index (χ4n) is 3.39. The first-order chi connectivity index (χ1) is 15.3. The van der Waals surface area contributed by atoms with Crippen molar-refractivity contribution in [3.63, 3.8) is 0 Å². The van der Waals surface area contributed by atoms with Crippen LogP contribution in [0.1, 0.15) is 28.4 Å². The molecule has 4 aromatic rings. The molecule has 4 rings (SSSR count). The fourth-order valence-corrected chi connectivity index (χ4v) is 3.39. The number of hydrogen-bond acceptors (Lipinski definition) is 5. The molecule has 31 heavy (non-hydrogen) atoms. The molecule has 0 amide bonds. The maximum Gasteiger partial charge on any atom is 0.161 e. The van der Waals surface area contributed by atoms with Crippen LogP contribution in [-0.2, 0) is 13.2 Å². The van der Waals surface area contributed by atoms with Gasteiger partial charge >= 0.3 is 0 Å². The molecule has 1 N–H and O–H groups in total. The van der Waals surface area contributed by atoms with Gasteiger partial charge in [-0.2, -0.15) is 0 Å². The topological polar surface area (TPSA) is 56.3 Å². The quantitative estimate of drug-likeness (QED) is 0.423. The number of hydrogen-bond donors (Lipinski definition) is 1. The van der Waals surface area contributed by atoms with E-state index in [0.717, 1.165) is 16.8 Å². The average molecular weight is 412 g/mol. The highest BCUT2D eigenvalue weighted by Crippen LogP contribution is 2.29. The third-order valence-corrected chi connectivity index (χ3v) is 5.00. The van der Waals surface area contributed by atoms with Crippen molar-refractivity contribution in [2.75, 3.05) is 7.11 Å². The van der Waals surface area contributed by atoms with Crippen molar-refractivity contribution in [2.45, 2.75) is 19.2 Å². The van der Waals surface area contributed by atoms with Crippen LogP contribution in [0.5, 0.6) is 11.5 Å². The number of pyridine rings is 2. The molecule has 0 aliphatic carbocycles. The zero-order valence-corrected chi connectivity index (χ0v) is 17.4. The molecule has 0 aliphatic rings. The summed E-state index contributed by atoms with van der Waals surface area (Å²) in [6, 6.07) is 26.2. The summed E-state index contributed by atoms with van der Waals surface area (Å²) in [6.07, 6.45) is 5.34. The second-order valence-corrected chi connectivity index (χ2v) is 7.11. The minimum atomic E-state index is -0.00369. The zero-order chi connectivity index (χ0) is 21.3. The van der Waals surface area contributed by atoms with Crippen LogP contribution < -0.4 is 14.8 Å². The van der Waals surface area contributed by atoms with Crippen molar-refractivity contribution in [3.8, 4) is 11.5 Å². The van der Waals surface area contributed by atoms with Gasteiger partial charge in [0.2, 0.25) is 0 Å². The largest absolute Gasteiger partial charge is 0.493 e. The first kappa shape index (κ1) is 20.6. The SMILES string of the molecule is COc1cc(CNC(c2ccccc2)c2ccccn2)ccc1OCc1ccncc1. The van der Waals surface area contributed by atoms with E-state index in [4.69, 9.17) is 9.47 Å². The standard InChI is InChI=1S/C26H25N3O2/c1-30-25-17-21(10-11-24(25)31-19-20-12-15-27-16-13-20)18-29-26(22-7-3-2-4-8-22)23-9-5-6-14-28-23/h2-17,26,29H,18-19H2,1H3. The monoisotopic (exact) mass is 411 g/mol. The first-order valence-electron chi connectivity index (χ1n) is 10.2. The van der Waals surface area contributed by atoms with Gasteiger partial charge in [-0.3, -0.25) is 9.97 Å². The van der Waals surface area contributed by atoms with E-state index in [-0.39, 0.29) is 6.04 Å². The molecule has 2 heterocycles. The second-order valence-electron chi connectivity index (χ2n) is 7.11. The smallest absolute Gasteiger partial charge is 0.161 e. The normalized spacial score (nSPS) is 11.6. The fraction of sp³-hybridized carbons (Fsp3) is 0.154.